The SMILES string of the molecule is COCN1CCC(N(O)CC2=CCCC=C2C)CC1. The van der Waals surface area contributed by atoms with Crippen molar-refractivity contribution in [3.8, 4) is 0 Å². The van der Waals surface area contributed by atoms with Crippen LogP contribution in [0.2, 0.25) is 0 Å². The molecule has 0 amide bonds. The number of nitrogens with zero attached hydrogens (tertiary/aromatic N) is 2. The molecular weight excluding hydrogens is 240 g/mol. The third-order valence-corrected chi connectivity index (χ3v) is 4.14. The van der Waals surface area contributed by atoms with Crippen molar-refractivity contribution in [1.82, 2.24) is 9.96 Å². The van der Waals surface area contributed by atoms with Crippen LogP contribution in [0.15, 0.2) is 23.3 Å². The van der Waals surface area contributed by atoms with E-state index in [1.807, 2.05) is 0 Å². The molecule has 108 valence electrons. The fourth-order valence-electron chi connectivity index (χ4n) is 2.87. The van der Waals surface area contributed by atoms with Crippen LogP contribution in [0.5, 0.6) is 0 Å². The summed E-state index contributed by atoms with van der Waals surface area (Å²) in [7, 11) is 1.73. The minimum Gasteiger partial charge on any atom is -0.369 e. The third kappa shape index (κ3) is 4.14. The molecule has 2 rings (SSSR count). The van der Waals surface area contributed by atoms with Gasteiger partial charge < -0.3 is 9.94 Å². The topological polar surface area (TPSA) is 35.9 Å². The van der Waals surface area contributed by atoms with E-state index in [0.717, 1.165) is 38.8 Å². The Balaban J connectivity index is 1.80. The van der Waals surface area contributed by atoms with E-state index >= 15 is 0 Å². The fourth-order valence-corrected chi connectivity index (χ4v) is 2.87. The highest BCUT2D eigenvalue weighted by atomic mass is 16.5. The smallest absolute Gasteiger partial charge is 0.0986 e. The van der Waals surface area contributed by atoms with Gasteiger partial charge in [-0.2, -0.15) is 5.06 Å². The molecule has 1 aliphatic heterocycles. The standard InChI is InChI=1S/C15H26N2O2/c1-13-5-3-4-6-14(13)11-17(18)15-7-9-16(10-8-15)12-19-2/h5-6,15,18H,3-4,7-12H2,1-2H3. The molecule has 1 heterocycles. The summed E-state index contributed by atoms with van der Waals surface area (Å²) in [6.07, 6.45) is 8.79. The van der Waals surface area contributed by atoms with Crippen molar-refractivity contribution >= 4 is 0 Å². The number of hydroxylamine groups is 2. The Morgan fingerprint density at radius 3 is 2.63 bits per heavy atom. The first kappa shape index (κ1) is 14.7. The fraction of sp³-hybridized carbons (Fsp3) is 0.733. The van der Waals surface area contributed by atoms with E-state index in [4.69, 9.17) is 4.74 Å². The number of likely N-dealkylation sites (tertiary alicyclic amines) is 1. The zero-order chi connectivity index (χ0) is 13.7. The van der Waals surface area contributed by atoms with E-state index in [2.05, 4.69) is 24.0 Å². The first-order valence-electron chi connectivity index (χ1n) is 7.23. The summed E-state index contributed by atoms with van der Waals surface area (Å²) in [6, 6.07) is 0.281. The monoisotopic (exact) mass is 266 g/mol. The lowest BCUT2D eigenvalue weighted by molar-refractivity contribution is -0.134. The second-order valence-corrected chi connectivity index (χ2v) is 5.56. The van der Waals surface area contributed by atoms with Gasteiger partial charge in [0.1, 0.15) is 0 Å². The maximum absolute atomic E-state index is 10.3. The Labute approximate surface area is 116 Å². The number of rotatable bonds is 5. The van der Waals surface area contributed by atoms with Gasteiger partial charge in [0.25, 0.3) is 0 Å². The van der Waals surface area contributed by atoms with Gasteiger partial charge >= 0.3 is 0 Å². The van der Waals surface area contributed by atoms with E-state index in [-0.39, 0.29) is 6.04 Å². The molecule has 0 aromatic heterocycles. The van der Waals surface area contributed by atoms with Crippen LogP contribution in [-0.2, 0) is 4.74 Å². The molecule has 0 unspecified atom stereocenters. The molecule has 0 bridgehead atoms. The number of methoxy groups -OCH3 is 1. The average molecular weight is 266 g/mol. The van der Waals surface area contributed by atoms with Crippen LogP contribution in [0, 0.1) is 0 Å². The molecule has 2 aliphatic rings. The lowest BCUT2D eigenvalue weighted by Crippen LogP contribution is -2.44. The number of allylic oxidation sites excluding steroid dienone is 2. The Morgan fingerprint density at radius 2 is 2.00 bits per heavy atom. The van der Waals surface area contributed by atoms with Crippen molar-refractivity contribution in [3.63, 3.8) is 0 Å². The maximum atomic E-state index is 10.3. The van der Waals surface area contributed by atoms with Crippen molar-refractivity contribution in [3.05, 3.63) is 23.3 Å². The minimum absolute atomic E-state index is 0.281. The van der Waals surface area contributed by atoms with Crippen LogP contribution in [0.1, 0.15) is 32.6 Å². The summed E-state index contributed by atoms with van der Waals surface area (Å²) in [5.74, 6) is 0. The molecule has 1 N–H and O–H groups in total. The van der Waals surface area contributed by atoms with Crippen molar-refractivity contribution in [1.29, 1.82) is 0 Å². The second-order valence-electron chi connectivity index (χ2n) is 5.56. The minimum atomic E-state index is 0.281. The molecular formula is C15H26N2O2. The Hall–Kier alpha value is -0.680. The first-order valence-corrected chi connectivity index (χ1v) is 7.23. The third-order valence-electron chi connectivity index (χ3n) is 4.14. The Kier molecular flexibility index (Phi) is 5.58. The summed E-state index contributed by atoms with van der Waals surface area (Å²) in [6.45, 7) is 5.51. The van der Waals surface area contributed by atoms with Crippen LogP contribution < -0.4 is 0 Å². The van der Waals surface area contributed by atoms with Gasteiger partial charge in [-0.1, -0.05) is 17.7 Å². The molecule has 19 heavy (non-hydrogen) atoms. The molecule has 0 radical (unpaired) electrons. The number of piperidine rings is 1. The molecule has 1 fully saturated rings. The van der Waals surface area contributed by atoms with Crippen molar-refractivity contribution < 1.29 is 9.94 Å². The largest absolute Gasteiger partial charge is 0.369 e. The van der Waals surface area contributed by atoms with Crippen LogP contribution >= 0.6 is 0 Å². The quantitative estimate of drug-likeness (QED) is 0.775. The van der Waals surface area contributed by atoms with Crippen LogP contribution in [-0.4, -0.2) is 54.7 Å². The summed E-state index contributed by atoms with van der Waals surface area (Å²) in [5, 5.41) is 11.8. The highest BCUT2D eigenvalue weighted by Crippen LogP contribution is 2.22. The van der Waals surface area contributed by atoms with Crippen molar-refractivity contribution in [2.75, 3.05) is 33.5 Å². The van der Waals surface area contributed by atoms with Gasteiger partial charge in [0.2, 0.25) is 0 Å². The van der Waals surface area contributed by atoms with E-state index in [9.17, 15) is 5.21 Å². The van der Waals surface area contributed by atoms with Crippen LogP contribution in [0.4, 0.5) is 0 Å². The molecule has 0 atom stereocenters. The van der Waals surface area contributed by atoms with Crippen LogP contribution in [0.25, 0.3) is 0 Å². The van der Waals surface area contributed by atoms with E-state index in [1.165, 1.54) is 11.1 Å². The molecule has 4 nitrogen and oxygen atoms in total. The number of ether oxygens (including phenoxy) is 1. The predicted octanol–water partition coefficient (Wildman–Crippen LogP) is 2.41. The van der Waals surface area contributed by atoms with Crippen LogP contribution in [0.3, 0.4) is 0 Å². The number of hydrogen-bond donors (Lipinski definition) is 1. The molecule has 0 saturated carbocycles. The summed E-state index contributed by atoms with van der Waals surface area (Å²) in [4.78, 5) is 2.29. The summed E-state index contributed by atoms with van der Waals surface area (Å²) in [5.41, 5.74) is 2.61. The highest BCUT2D eigenvalue weighted by molar-refractivity contribution is 5.32. The van der Waals surface area contributed by atoms with Gasteiger partial charge in [0.05, 0.1) is 6.73 Å². The summed E-state index contributed by atoms with van der Waals surface area (Å²) < 4.78 is 5.15. The second kappa shape index (κ2) is 7.20. The van der Waals surface area contributed by atoms with Crippen molar-refractivity contribution in [2.45, 2.75) is 38.6 Å². The molecule has 0 spiro atoms. The highest BCUT2D eigenvalue weighted by Gasteiger charge is 2.24. The lowest BCUT2D eigenvalue weighted by atomic mass is 9.98. The van der Waals surface area contributed by atoms with Gasteiger partial charge in [0.15, 0.2) is 0 Å². The predicted molar refractivity (Wildman–Crippen MR) is 76.0 cm³/mol. The van der Waals surface area contributed by atoms with Crippen molar-refractivity contribution in [2.24, 2.45) is 0 Å². The molecule has 4 heteroatoms. The zero-order valence-corrected chi connectivity index (χ0v) is 12.1. The summed E-state index contributed by atoms with van der Waals surface area (Å²) >= 11 is 0. The van der Waals surface area contributed by atoms with Gasteiger partial charge in [-0.3, -0.25) is 4.90 Å². The van der Waals surface area contributed by atoms with Gasteiger partial charge in [0, 0.05) is 32.8 Å². The Bertz CT molecular complexity index is 344. The molecule has 0 aromatic carbocycles. The normalized spacial score (nSPS) is 22.5. The first-order chi connectivity index (χ1) is 9.20. The molecule has 0 aromatic rings. The zero-order valence-electron chi connectivity index (χ0n) is 12.1. The van der Waals surface area contributed by atoms with E-state index < -0.39 is 0 Å². The molecule has 1 aliphatic carbocycles. The molecule has 1 saturated heterocycles. The van der Waals surface area contributed by atoms with Gasteiger partial charge in [-0.25, -0.2) is 0 Å². The van der Waals surface area contributed by atoms with Gasteiger partial charge in [-0.05, 0) is 38.2 Å². The van der Waals surface area contributed by atoms with E-state index in [0.29, 0.717) is 13.3 Å². The Morgan fingerprint density at radius 1 is 1.32 bits per heavy atom. The van der Waals surface area contributed by atoms with Gasteiger partial charge in [-0.15, -0.1) is 0 Å². The lowest BCUT2D eigenvalue weighted by Gasteiger charge is -2.35. The van der Waals surface area contributed by atoms with E-state index in [1.54, 1.807) is 12.2 Å². The average Bonchev–Trinajstić information content (AvgIpc) is 2.42. The maximum Gasteiger partial charge on any atom is 0.0986 e. The number of hydrogen-bond acceptors (Lipinski definition) is 4.